The number of carbonyl (C=O) groups is 2. The minimum atomic E-state index is -1.23. The second kappa shape index (κ2) is 13.0. The summed E-state index contributed by atoms with van der Waals surface area (Å²) >= 11 is 3.23. The summed E-state index contributed by atoms with van der Waals surface area (Å²) in [5.74, 6) is 0.502. The molecule has 4 N–H and O–H groups in total. The van der Waals surface area contributed by atoms with E-state index in [-0.39, 0.29) is 24.3 Å². The minimum absolute atomic E-state index is 0.106. The second-order valence-electron chi connectivity index (χ2n) is 5.62. The Hall–Kier alpha value is -1.22. The number of hydrogen-bond acceptors (Lipinski definition) is 6. The molecular formula is C18H26O6S2. The van der Waals surface area contributed by atoms with Crippen molar-refractivity contribution >= 4 is 35.5 Å². The van der Waals surface area contributed by atoms with Crippen LogP contribution in [-0.2, 0) is 12.8 Å². The van der Waals surface area contributed by atoms with Gasteiger partial charge in [0, 0.05) is 11.5 Å². The third kappa shape index (κ3) is 7.57. The maximum Gasteiger partial charge on any atom is 0.336 e. The third-order valence-corrected chi connectivity index (χ3v) is 5.87. The zero-order valence-electron chi connectivity index (χ0n) is 14.6. The Morgan fingerprint density at radius 2 is 1.38 bits per heavy atom. The summed E-state index contributed by atoms with van der Waals surface area (Å²) in [6.45, 7) is 0.244. The van der Waals surface area contributed by atoms with Crippen LogP contribution in [0.15, 0.2) is 12.1 Å². The molecule has 0 aromatic heterocycles. The lowest BCUT2D eigenvalue weighted by atomic mass is 9.91. The van der Waals surface area contributed by atoms with E-state index in [1.807, 2.05) is 0 Å². The van der Waals surface area contributed by atoms with Gasteiger partial charge in [-0.05, 0) is 54.4 Å². The maximum absolute atomic E-state index is 11.7. The van der Waals surface area contributed by atoms with E-state index < -0.39 is 11.9 Å². The van der Waals surface area contributed by atoms with Crippen molar-refractivity contribution in [3.63, 3.8) is 0 Å². The molecule has 0 radical (unpaired) electrons. The molecule has 0 saturated carbocycles. The number of aryl methyl sites for hydroxylation is 1. The molecule has 0 spiro atoms. The number of rotatable bonds is 14. The lowest BCUT2D eigenvalue weighted by Crippen LogP contribution is -2.14. The lowest BCUT2D eigenvalue weighted by molar-refractivity contribution is 0.0650. The van der Waals surface area contributed by atoms with Crippen LogP contribution in [0.1, 0.15) is 44.7 Å². The average Bonchev–Trinajstić information content (AvgIpc) is 2.61. The van der Waals surface area contributed by atoms with Crippen molar-refractivity contribution in [1.82, 2.24) is 0 Å². The molecule has 0 aliphatic heterocycles. The van der Waals surface area contributed by atoms with E-state index in [1.54, 1.807) is 29.6 Å². The van der Waals surface area contributed by atoms with E-state index in [9.17, 15) is 19.8 Å². The number of hydrogen-bond donors (Lipinski definition) is 4. The number of carboxylic acid groups (broad SMARTS) is 2. The van der Waals surface area contributed by atoms with Crippen molar-refractivity contribution < 1.29 is 30.0 Å². The van der Waals surface area contributed by atoms with Gasteiger partial charge in [0.2, 0.25) is 0 Å². The first-order chi connectivity index (χ1) is 12.5. The zero-order valence-corrected chi connectivity index (χ0v) is 16.3. The number of aliphatic hydroxyl groups excluding tert-OH is 2. The molecule has 6 nitrogen and oxygen atoms in total. The van der Waals surface area contributed by atoms with Gasteiger partial charge in [0.25, 0.3) is 0 Å². The van der Waals surface area contributed by atoms with Crippen LogP contribution in [0.25, 0.3) is 0 Å². The van der Waals surface area contributed by atoms with Gasteiger partial charge < -0.3 is 20.4 Å². The Kier molecular flexibility index (Phi) is 11.4. The molecule has 0 atom stereocenters. The largest absolute Gasteiger partial charge is 0.478 e. The number of benzene rings is 1. The first-order valence-corrected chi connectivity index (χ1v) is 10.8. The monoisotopic (exact) mass is 402 g/mol. The van der Waals surface area contributed by atoms with Crippen molar-refractivity contribution in [3.05, 3.63) is 34.4 Å². The highest BCUT2D eigenvalue weighted by molar-refractivity contribution is 7.99. The molecule has 1 aromatic rings. The van der Waals surface area contributed by atoms with Gasteiger partial charge in [-0.15, -0.1) is 0 Å². The van der Waals surface area contributed by atoms with Gasteiger partial charge in [-0.2, -0.15) is 23.5 Å². The van der Waals surface area contributed by atoms with Gasteiger partial charge in [-0.1, -0.05) is 6.07 Å². The molecule has 1 rings (SSSR count). The van der Waals surface area contributed by atoms with Gasteiger partial charge in [0.05, 0.1) is 24.3 Å². The molecule has 0 amide bonds. The molecule has 0 heterocycles. The Morgan fingerprint density at radius 1 is 0.808 bits per heavy atom. The number of aromatic carboxylic acids is 2. The standard InChI is InChI=1S/C18H26O6S2/c19-7-11-25-9-1-3-13-5-6-15(17(21)22)16(18(23)24)14(13)4-2-10-26-12-8-20/h5-6,19-20H,1-4,7-12H2,(H,21,22)(H,23,24). The Balaban J connectivity index is 2.96. The molecule has 0 aliphatic rings. The molecule has 0 unspecified atom stereocenters. The van der Waals surface area contributed by atoms with Gasteiger partial charge in [-0.25, -0.2) is 9.59 Å². The second-order valence-corrected chi connectivity index (χ2v) is 8.06. The van der Waals surface area contributed by atoms with Gasteiger partial charge >= 0.3 is 11.9 Å². The predicted molar refractivity (Wildman–Crippen MR) is 106 cm³/mol. The Morgan fingerprint density at radius 3 is 1.88 bits per heavy atom. The van der Waals surface area contributed by atoms with Gasteiger partial charge in [0.1, 0.15) is 0 Å². The summed E-state index contributed by atoms with van der Waals surface area (Å²) in [5, 5.41) is 36.5. The Labute approximate surface area is 162 Å². The van der Waals surface area contributed by atoms with E-state index in [0.717, 1.165) is 29.9 Å². The van der Waals surface area contributed by atoms with Crippen LogP contribution in [0.4, 0.5) is 0 Å². The number of thioether (sulfide) groups is 2. The molecule has 146 valence electrons. The van der Waals surface area contributed by atoms with Crippen molar-refractivity contribution in [2.75, 3.05) is 36.2 Å². The highest BCUT2D eigenvalue weighted by Gasteiger charge is 2.22. The van der Waals surface area contributed by atoms with E-state index in [4.69, 9.17) is 10.2 Å². The number of carboxylic acids is 2. The SMILES string of the molecule is O=C(O)c1ccc(CCCSCCO)c(CCCSCCO)c1C(=O)O. The highest BCUT2D eigenvalue weighted by atomic mass is 32.2. The molecule has 0 aliphatic carbocycles. The van der Waals surface area contributed by atoms with Crippen LogP contribution in [0.2, 0.25) is 0 Å². The molecule has 1 aromatic carbocycles. The molecule has 0 saturated heterocycles. The molecule has 26 heavy (non-hydrogen) atoms. The summed E-state index contributed by atoms with van der Waals surface area (Å²) in [6, 6.07) is 3.11. The fourth-order valence-corrected chi connectivity index (χ4v) is 4.05. The molecular weight excluding hydrogens is 376 g/mol. The van der Waals surface area contributed by atoms with Crippen molar-refractivity contribution in [1.29, 1.82) is 0 Å². The number of aliphatic hydroxyl groups is 2. The third-order valence-electron chi connectivity index (χ3n) is 3.78. The minimum Gasteiger partial charge on any atom is -0.478 e. The maximum atomic E-state index is 11.7. The van der Waals surface area contributed by atoms with Gasteiger partial charge in [-0.3, -0.25) is 0 Å². The van der Waals surface area contributed by atoms with Gasteiger partial charge in [0.15, 0.2) is 0 Å². The predicted octanol–water partition coefficient (Wildman–Crippen LogP) is 2.40. The highest BCUT2D eigenvalue weighted by Crippen LogP contribution is 2.24. The summed E-state index contributed by atoms with van der Waals surface area (Å²) in [4.78, 5) is 23.1. The summed E-state index contributed by atoms with van der Waals surface area (Å²) in [7, 11) is 0. The molecule has 0 bridgehead atoms. The van der Waals surface area contributed by atoms with Crippen LogP contribution in [0.3, 0.4) is 0 Å². The van der Waals surface area contributed by atoms with Crippen LogP contribution >= 0.6 is 23.5 Å². The van der Waals surface area contributed by atoms with E-state index in [2.05, 4.69) is 0 Å². The van der Waals surface area contributed by atoms with E-state index in [0.29, 0.717) is 29.9 Å². The summed E-state index contributed by atoms with van der Waals surface area (Å²) in [6.07, 6.45) is 2.74. The first kappa shape index (κ1) is 22.8. The Bertz CT molecular complexity index is 591. The smallest absolute Gasteiger partial charge is 0.336 e. The summed E-state index contributed by atoms with van der Waals surface area (Å²) in [5.41, 5.74) is 1.21. The summed E-state index contributed by atoms with van der Waals surface area (Å²) < 4.78 is 0. The van der Waals surface area contributed by atoms with Crippen LogP contribution in [0, 0.1) is 0 Å². The molecule has 8 heteroatoms. The normalized spacial score (nSPS) is 10.8. The fourth-order valence-electron chi connectivity index (χ4n) is 2.68. The van der Waals surface area contributed by atoms with Crippen molar-refractivity contribution in [2.24, 2.45) is 0 Å². The van der Waals surface area contributed by atoms with Crippen LogP contribution in [-0.4, -0.2) is 68.6 Å². The van der Waals surface area contributed by atoms with E-state index >= 15 is 0 Å². The topological polar surface area (TPSA) is 115 Å². The van der Waals surface area contributed by atoms with Crippen LogP contribution < -0.4 is 0 Å². The molecule has 0 fully saturated rings. The van der Waals surface area contributed by atoms with Crippen LogP contribution in [0.5, 0.6) is 0 Å². The van der Waals surface area contributed by atoms with Crippen molar-refractivity contribution in [2.45, 2.75) is 25.7 Å². The lowest BCUT2D eigenvalue weighted by Gasteiger charge is -2.15. The van der Waals surface area contributed by atoms with Crippen molar-refractivity contribution in [3.8, 4) is 0 Å². The average molecular weight is 403 g/mol. The van der Waals surface area contributed by atoms with E-state index in [1.165, 1.54) is 6.07 Å². The quantitative estimate of drug-likeness (QED) is 0.351. The first-order valence-electron chi connectivity index (χ1n) is 8.51. The fraction of sp³-hybridized carbons (Fsp3) is 0.556. The zero-order chi connectivity index (χ0) is 19.4.